The lowest BCUT2D eigenvalue weighted by atomic mass is 9.94. The monoisotopic (exact) mass is 459 g/mol. The number of halogens is 2. The van der Waals surface area contributed by atoms with E-state index in [0.717, 1.165) is 54.4 Å². The first kappa shape index (κ1) is 21.2. The van der Waals surface area contributed by atoms with Gasteiger partial charge in [0, 0.05) is 43.3 Å². The van der Waals surface area contributed by atoms with Crippen molar-refractivity contribution in [1.29, 1.82) is 0 Å². The minimum atomic E-state index is -0.421. The van der Waals surface area contributed by atoms with Gasteiger partial charge in [-0.2, -0.15) is 0 Å². The summed E-state index contributed by atoms with van der Waals surface area (Å²) in [6, 6.07) is 17.8. The van der Waals surface area contributed by atoms with Crippen molar-refractivity contribution >= 4 is 46.1 Å². The third-order valence-electron chi connectivity index (χ3n) is 5.46. The van der Waals surface area contributed by atoms with E-state index in [1.165, 1.54) is 0 Å². The van der Waals surface area contributed by atoms with Gasteiger partial charge in [0.15, 0.2) is 0 Å². The van der Waals surface area contributed by atoms with Crippen molar-refractivity contribution in [3.63, 3.8) is 0 Å². The van der Waals surface area contributed by atoms with E-state index >= 15 is 0 Å². The first-order valence-electron chi connectivity index (χ1n) is 9.86. The molecule has 2 aromatic carbocycles. The molecule has 30 heavy (non-hydrogen) atoms. The van der Waals surface area contributed by atoms with Crippen molar-refractivity contribution in [3.05, 3.63) is 86.0 Å². The second-order valence-corrected chi connectivity index (χ2v) is 9.21. The maximum absolute atomic E-state index is 12.3. The molecule has 1 fully saturated rings. The van der Waals surface area contributed by atoms with Crippen LogP contribution in [0.1, 0.15) is 21.9 Å². The minimum Gasteiger partial charge on any atom is -0.369 e. The molecule has 2 N–H and O–H groups in total. The molecule has 1 atom stereocenters. The minimum absolute atomic E-state index is 0.317. The molecule has 0 radical (unpaired) electrons. The van der Waals surface area contributed by atoms with E-state index in [2.05, 4.69) is 15.9 Å². The average Bonchev–Trinajstić information content (AvgIpc) is 3.26. The normalized spacial score (nSPS) is 15.9. The molecule has 7 heteroatoms. The van der Waals surface area contributed by atoms with Gasteiger partial charge in [-0.25, -0.2) is 0 Å². The van der Waals surface area contributed by atoms with Crippen molar-refractivity contribution < 1.29 is 4.79 Å². The molecule has 3 aromatic rings. The third kappa shape index (κ3) is 4.65. The number of rotatable bonds is 6. The number of thiophene rings is 1. The SMILES string of the molecule is NC(=O)C(c1cccs1)c1ccccc1N1CCN(Cc2ccc(Cl)c(Cl)c2)CC1. The Kier molecular flexibility index (Phi) is 6.64. The molecular formula is C23H23Cl2N3OS. The van der Waals surface area contributed by atoms with Gasteiger partial charge in [0.05, 0.1) is 16.0 Å². The molecule has 1 unspecified atom stereocenters. The zero-order chi connectivity index (χ0) is 21.1. The molecule has 1 amide bonds. The number of hydrogen-bond donors (Lipinski definition) is 1. The Morgan fingerprint density at radius 1 is 1.00 bits per heavy atom. The summed E-state index contributed by atoms with van der Waals surface area (Å²) in [7, 11) is 0. The molecule has 4 nitrogen and oxygen atoms in total. The Balaban J connectivity index is 1.49. The number of benzene rings is 2. The van der Waals surface area contributed by atoms with E-state index in [0.29, 0.717) is 10.0 Å². The van der Waals surface area contributed by atoms with Crippen LogP contribution in [-0.4, -0.2) is 37.0 Å². The Hall–Kier alpha value is -2.05. The highest BCUT2D eigenvalue weighted by Gasteiger charge is 2.27. The number of carbonyl (C=O) groups is 1. The Bertz CT molecular complexity index is 1020. The van der Waals surface area contributed by atoms with E-state index in [-0.39, 0.29) is 5.91 Å². The van der Waals surface area contributed by atoms with E-state index in [4.69, 9.17) is 28.9 Å². The molecule has 4 rings (SSSR count). The number of para-hydroxylation sites is 1. The molecule has 1 aromatic heterocycles. The Morgan fingerprint density at radius 2 is 1.77 bits per heavy atom. The van der Waals surface area contributed by atoms with Gasteiger partial charge in [-0.1, -0.05) is 53.5 Å². The van der Waals surface area contributed by atoms with Crippen LogP contribution in [0.15, 0.2) is 60.0 Å². The maximum atomic E-state index is 12.3. The highest BCUT2D eigenvalue weighted by atomic mass is 35.5. The third-order valence-corrected chi connectivity index (χ3v) is 7.14. The first-order valence-corrected chi connectivity index (χ1v) is 11.5. The van der Waals surface area contributed by atoms with Crippen LogP contribution < -0.4 is 10.6 Å². The second kappa shape index (κ2) is 9.40. The van der Waals surface area contributed by atoms with Gasteiger partial charge in [0.1, 0.15) is 0 Å². The zero-order valence-electron chi connectivity index (χ0n) is 16.4. The topological polar surface area (TPSA) is 49.6 Å². The first-order chi connectivity index (χ1) is 14.5. The summed E-state index contributed by atoms with van der Waals surface area (Å²) >= 11 is 13.7. The molecule has 156 valence electrons. The Labute approximate surface area is 190 Å². The van der Waals surface area contributed by atoms with Gasteiger partial charge in [-0.15, -0.1) is 11.3 Å². The highest BCUT2D eigenvalue weighted by Crippen LogP contribution is 2.35. The van der Waals surface area contributed by atoms with Gasteiger partial charge in [-0.05, 0) is 40.8 Å². The van der Waals surface area contributed by atoms with Crippen molar-refractivity contribution in [3.8, 4) is 0 Å². The van der Waals surface area contributed by atoms with E-state index in [9.17, 15) is 4.79 Å². The number of nitrogens with zero attached hydrogens (tertiary/aromatic N) is 2. The van der Waals surface area contributed by atoms with E-state index < -0.39 is 5.92 Å². The highest BCUT2D eigenvalue weighted by molar-refractivity contribution is 7.10. The van der Waals surface area contributed by atoms with Crippen molar-refractivity contribution in [2.75, 3.05) is 31.1 Å². The number of amides is 1. The molecule has 0 bridgehead atoms. The van der Waals surface area contributed by atoms with Crippen LogP contribution in [-0.2, 0) is 11.3 Å². The van der Waals surface area contributed by atoms with Crippen molar-refractivity contribution in [2.45, 2.75) is 12.5 Å². The Morgan fingerprint density at radius 3 is 2.43 bits per heavy atom. The largest absolute Gasteiger partial charge is 0.369 e. The molecule has 0 saturated carbocycles. The fourth-order valence-corrected chi connectivity index (χ4v) is 5.14. The summed E-state index contributed by atoms with van der Waals surface area (Å²) in [5, 5.41) is 3.15. The van der Waals surface area contributed by atoms with E-state index in [1.807, 2.05) is 53.9 Å². The summed E-state index contributed by atoms with van der Waals surface area (Å²) < 4.78 is 0. The summed E-state index contributed by atoms with van der Waals surface area (Å²) in [5.74, 6) is -0.737. The number of primary amides is 1. The number of carbonyl (C=O) groups excluding carboxylic acids is 1. The van der Waals surface area contributed by atoms with Crippen LogP contribution in [0.5, 0.6) is 0 Å². The fourth-order valence-electron chi connectivity index (χ4n) is 3.96. The molecule has 0 aliphatic carbocycles. The lowest BCUT2D eigenvalue weighted by Crippen LogP contribution is -2.46. The molecule has 0 spiro atoms. The van der Waals surface area contributed by atoms with Gasteiger partial charge < -0.3 is 10.6 Å². The van der Waals surface area contributed by atoms with Crippen LogP contribution in [0.4, 0.5) is 5.69 Å². The molecule has 1 saturated heterocycles. The summed E-state index contributed by atoms with van der Waals surface area (Å²) in [6.45, 7) is 4.46. The number of hydrogen-bond acceptors (Lipinski definition) is 4. The fraction of sp³-hybridized carbons (Fsp3) is 0.261. The lowest BCUT2D eigenvalue weighted by Gasteiger charge is -2.37. The smallest absolute Gasteiger partial charge is 0.230 e. The van der Waals surface area contributed by atoms with E-state index in [1.54, 1.807) is 11.3 Å². The maximum Gasteiger partial charge on any atom is 0.230 e. The average molecular weight is 460 g/mol. The van der Waals surface area contributed by atoms with Gasteiger partial charge in [0.2, 0.25) is 5.91 Å². The van der Waals surface area contributed by atoms with Crippen LogP contribution in [0.3, 0.4) is 0 Å². The number of nitrogens with two attached hydrogens (primary N) is 1. The summed E-state index contributed by atoms with van der Waals surface area (Å²) in [5.41, 5.74) is 9.03. The lowest BCUT2D eigenvalue weighted by molar-refractivity contribution is -0.118. The van der Waals surface area contributed by atoms with Crippen LogP contribution in [0.25, 0.3) is 0 Å². The second-order valence-electron chi connectivity index (χ2n) is 7.42. The van der Waals surface area contributed by atoms with Gasteiger partial charge in [-0.3, -0.25) is 9.69 Å². The van der Waals surface area contributed by atoms with Gasteiger partial charge in [0.25, 0.3) is 0 Å². The number of piperazine rings is 1. The van der Waals surface area contributed by atoms with Crippen LogP contribution >= 0.6 is 34.5 Å². The molecule has 2 heterocycles. The predicted octanol–water partition coefficient (Wildman–Crippen LogP) is 4.99. The number of anilines is 1. The summed E-state index contributed by atoms with van der Waals surface area (Å²) in [4.78, 5) is 18.1. The van der Waals surface area contributed by atoms with Crippen molar-refractivity contribution in [1.82, 2.24) is 4.90 Å². The summed E-state index contributed by atoms with van der Waals surface area (Å²) in [6.07, 6.45) is 0. The molecular weight excluding hydrogens is 437 g/mol. The zero-order valence-corrected chi connectivity index (χ0v) is 18.8. The standard InChI is InChI=1S/C23H23Cl2N3OS/c24-18-8-7-16(14-19(18)25)15-27-9-11-28(12-10-27)20-5-2-1-4-17(20)22(23(26)29)21-6-3-13-30-21/h1-8,13-14,22H,9-12,15H2,(H2,26,29). The predicted molar refractivity (Wildman–Crippen MR) is 126 cm³/mol. The molecule has 1 aliphatic rings. The van der Waals surface area contributed by atoms with Gasteiger partial charge >= 0.3 is 0 Å². The molecule has 1 aliphatic heterocycles. The van der Waals surface area contributed by atoms with Crippen molar-refractivity contribution in [2.24, 2.45) is 5.73 Å². The van der Waals surface area contributed by atoms with Crippen LogP contribution in [0, 0.1) is 0 Å². The quantitative estimate of drug-likeness (QED) is 0.564. The van der Waals surface area contributed by atoms with Crippen LogP contribution in [0.2, 0.25) is 10.0 Å².